The number of hydrogen-bond acceptors (Lipinski definition) is 4. The first-order valence-electron chi connectivity index (χ1n) is 7.40. The highest BCUT2D eigenvalue weighted by Crippen LogP contribution is 2.60. The maximum absolute atomic E-state index is 12.0. The van der Waals surface area contributed by atoms with Crippen LogP contribution in [0.2, 0.25) is 0 Å². The van der Waals surface area contributed by atoms with Gasteiger partial charge in [-0.25, -0.2) is 4.98 Å². The molecule has 0 aliphatic heterocycles. The molecule has 4 fully saturated rings. The van der Waals surface area contributed by atoms with Gasteiger partial charge in [0.1, 0.15) is 11.6 Å². The van der Waals surface area contributed by atoms with Crippen LogP contribution < -0.4 is 11.3 Å². The number of nitrogen functional groups attached to an aromatic ring is 1. The standard InChI is InChI=1S/C15H18N4O/c16-7-11-12(18-14(17)19-13(11)20)15-4-8-1-9(5-15)3-10(2-8)6-15/h8-10H,1-6H2,(H3,17,18,19,20). The molecule has 1 aromatic rings. The molecule has 4 bridgehead atoms. The minimum Gasteiger partial charge on any atom is -0.369 e. The molecule has 3 N–H and O–H groups in total. The van der Waals surface area contributed by atoms with Gasteiger partial charge in [0.25, 0.3) is 5.56 Å². The van der Waals surface area contributed by atoms with Crippen LogP contribution in [0, 0.1) is 29.1 Å². The summed E-state index contributed by atoms with van der Waals surface area (Å²) in [6.07, 6.45) is 7.18. The summed E-state index contributed by atoms with van der Waals surface area (Å²) in [4.78, 5) is 18.8. The van der Waals surface area contributed by atoms with Crippen LogP contribution in [0.25, 0.3) is 0 Å². The molecule has 0 unspecified atom stereocenters. The van der Waals surface area contributed by atoms with E-state index in [9.17, 15) is 10.1 Å². The Morgan fingerprint density at radius 1 is 1.20 bits per heavy atom. The third kappa shape index (κ3) is 1.54. The first kappa shape index (κ1) is 12.0. The molecule has 5 heteroatoms. The quantitative estimate of drug-likeness (QED) is 0.811. The zero-order valence-corrected chi connectivity index (χ0v) is 11.4. The van der Waals surface area contributed by atoms with Gasteiger partial charge < -0.3 is 5.73 Å². The summed E-state index contributed by atoms with van der Waals surface area (Å²) in [5.74, 6) is 2.38. The number of H-pyrrole nitrogens is 1. The van der Waals surface area contributed by atoms with Crippen LogP contribution in [0.3, 0.4) is 0 Å². The van der Waals surface area contributed by atoms with E-state index < -0.39 is 0 Å². The molecule has 104 valence electrons. The largest absolute Gasteiger partial charge is 0.369 e. The highest BCUT2D eigenvalue weighted by molar-refractivity contribution is 5.40. The molecule has 4 aliphatic carbocycles. The van der Waals surface area contributed by atoms with Gasteiger partial charge >= 0.3 is 0 Å². The van der Waals surface area contributed by atoms with Crippen LogP contribution in [0.15, 0.2) is 4.79 Å². The number of nitrogens with two attached hydrogens (primary N) is 1. The van der Waals surface area contributed by atoms with Crippen LogP contribution in [-0.2, 0) is 5.41 Å². The van der Waals surface area contributed by atoms with E-state index in [0.717, 1.165) is 37.0 Å². The predicted octanol–water partition coefficient (Wildman–Crippen LogP) is 1.69. The van der Waals surface area contributed by atoms with Gasteiger partial charge in [0.15, 0.2) is 0 Å². The SMILES string of the molecule is N#Cc1c(C23CC4CC(CC(C4)C2)C3)nc(N)[nH]c1=O. The summed E-state index contributed by atoms with van der Waals surface area (Å²) >= 11 is 0. The van der Waals surface area contributed by atoms with Gasteiger partial charge in [0, 0.05) is 5.41 Å². The van der Waals surface area contributed by atoms with Crippen LogP contribution in [0.1, 0.15) is 49.8 Å². The number of nitrogens with one attached hydrogen (secondary N) is 1. The van der Waals surface area contributed by atoms with Gasteiger partial charge in [-0.1, -0.05) is 0 Å². The molecule has 0 radical (unpaired) electrons. The van der Waals surface area contributed by atoms with Crippen LogP contribution in [-0.4, -0.2) is 9.97 Å². The van der Waals surface area contributed by atoms with Crippen molar-refractivity contribution < 1.29 is 0 Å². The number of anilines is 1. The molecular formula is C15H18N4O. The zero-order valence-electron chi connectivity index (χ0n) is 11.4. The van der Waals surface area contributed by atoms with Crippen molar-refractivity contribution >= 4 is 5.95 Å². The molecule has 0 saturated heterocycles. The van der Waals surface area contributed by atoms with E-state index in [1.54, 1.807) is 0 Å². The molecule has 0 spiro atoms. The topological polar surface area (TPSA) is 95.6 Å². The Balaban J connectivity index is 1.89. The fourth-order valence-corrected chi connectivity index (χ4v) is 5.38. The minimum atomic E-state index is -0.384. The van der Waals surface area contributed by atoms with Gasteiger partial charge in [-0.05, 0) is 56.3 Å². The first-order chi connectivity index (χ1) is 9.59. The summed E-state index contributed by atoms with van der Waals surface area (Å²) in [6.45, 7) is 0. The first-order valence-corrected chi connectivity index (χ1v) is 7.40. The Morgan fingerprint density at radius 2 is 1.75 bits per heavy atom. The molecule has 4 saturated carbocycles. The number of rotatable bonds is 1. The highest BCUT2D eigenvalue weighted by Gasteiger charge is 2.53. The number of nitrogens with zero attached hydrogens (tertiary/aromatic N) is 2. The second-order valence-corrected chi connectivity index (χ2v) is 6.98. The van der Waals surface area contributed by atoms with Crippen molar-refractivity contribution in [2.45, 2.75) is 43.9 Å². The monoisotopic (exact) mass is 270 g/mol. The average molecular weight is 270 g/mol. The van der Waals surface area contributed by atoms with Gasteiger partial charge in [-0.15, -0.1) is 0 Å². The highest BCUT2D eigenvalue weighted by atomic mass is 16.1. The van der Waals surface area contributed by atoms with Crippen molar-refractivity contribution in [1.29, 1.82) is 5.26 Å². The van der Waals surface area contributed by atoms with E-state index in [1.807, 2.05) is 0 Å². The fourth-order valence-electron chi connectivity index (χ4n) is 5.38. The summed E-state index contributed by atoms with van der Waals surface area (Å²) in [5, 5.41) is 9.34. The lowest BCUT2D eigenvalue weighted by Crippen LogP contribution is -2.50. The van der Waals surface area contributed by atoms with Gasteiger partial charge in [0.2, 0.25) is 5.95 Å². The summed E-state index contributed by atoms with van der Waals surface area (Å²) in [7, 11) is 0. The molecule has 0 atom stereocenters. The lowest BCUT2D eigenvalue weighted by atomic mass is 9.48. The molecule has 4 aliphatic rings. The van der Waals surface area contributed by atoms with E-state index in [2.05, 4.69) is 16.0 Å². The summed E-state index contributed by atoms with van der Waals surface area (Å²) in [5.41, 5.74) is 6.14. The molecule has 1 heterocycles. The number of aromatic nitrogens is 2. The summed E-state index contributed by atoms with van der Waals surface area (Å²) < 4.78 is 0. The maximum atomic E-state index is 12.0. The number of aromatic amines is 1. The van der Waals surface area contributed by atoms with Crippen molar-refractivity contribution in [1.82, 2.24) is 9.97 Å². The van der Waals surface area contributed by atoms with Crippen LogP contribution >= 0.6 is 0 Å². The number of nitriles is 1. The molecule has 0 amide bonds. The fraction of sp³-hybridized carbons (Fsp3) is 0.667. The lowest BCUT2D eigenvalue weighted by molar-refractivity contribution is -0.00737. The molecule has 20 heavy (non-hydrogen) atoms. The number of hydrogen-bond donors (Lipinski definition) is 2. The normalized spacial score (nSPS) is 37.9. The smallest absolute Gasteiger partial charge is 0.270 e. The Kier molecular flexibility index (Phi) is 2.30. The average Bonchev–Trinajstić information content (AvgIpc) is 2.36. The van der Waals surface area contributed by atoms with E-state index >= 15 is 0 Å². The van der Waals surface area contributed by atoms with Gasteiger partial charge in [-0.2, -0.15) is 5.26 Å². The molecule has 5 nitrogen and oxygen atoms in total. The van der Waals surface area contributed by atoms with Crippen molar-refractivity contribution in [3.63, 3.8) is 0 Å². The van der Waals surface area contributed by atoms with Crippen LogP contribution in [0.4, 0.5) is 5.95 Å². The second kappa shape index (κ2) is 3.85. The zero-order chi connectivity index (χ0) is 13.9. The van der Waals surface area contributed by atoms with Gasteiger partial charge in [-0.3, -0.25) is 9.78 Å². The van der Waals surface area contributed by atoms with E-state index in [0.29, 0.717) is 5.69 Å². The van der Waals surface area contributed by atoms with E-state index in [4.69, 9.17) is 5.73 Å². The third-order valence-electron chi connectivity index (χ3n) is 5.59. The molecule has 1 aromatic heterocycles. The van der Waals surface area contributed by atoms with Crippen molar-refractivity contribution in [2.24, 2.45) is 17.8 Å². The Morgan fingerprint density at radius 3 is 2.25 bits per heavy atom. The van der Waals surface area contributed by atoms with Gasteiger partial charge in [0.05, 0.1) is 5.69 Å². The van der Waals surface area contributed by atoms with Crippen LogP contribution in [0.5, 0.6) is 0 Å². The molecular weight excluding hydrogens is 252 g/mol. The Bertz CT molecular complexity index is 634. The molecule has 0 aromatic carbocycles. The Hall–Kier alpha value is -1.83. The van der Waals surface area contributed by atoms with E-state index in [1.165, 1.54) is 19.3 Å². The second-order valence-electron chi connectivity index (χ2n) is 6.98. The molecule has 5 rings (SSSR count). The minimum absolute atomic E-state index is 0.0673. The lowest BCUT2D eigenvalue weighted by Gasteiger charge is -2.56. The third-order valence-corrected chi connectivity index (χ3v) is 5.59. The Labute approximate surface area is 117 Å². The van der Waals surface area contributed by atoms with Crippen molar-refractivity contribution in [2.75, 3.05) is 5.73 Å². The van der Waals surface area contributed by atoms with Crippen molar-refractivity contribution in [3.8, 4) is 6.07 Å². The predicted molar refractivity (Wildman–Crippen MR) is 73.8 cm³/mol. The van der Waals surface area contributed by atoms with Crippen molar-refractivity contribution in [3.05, 3.63) is 21.6 Å². The van der Waals surface area contributed by atoms with E-state index in [-0.39, 0.29) is 22.5 Å². The summed E-state index contributed by atoms with van der Waals surface area (Å²) in [6, 6.07) is 2.05. The maximum Gasteiger partial charge on any atom is 0.270 e.